The highest BCUT2D eigenvalue weighted by Gasteiger charge is 2.01. The molecule has 0 aliphatic carbocycles. The molecule has 0 saturated carbocycles. The van der Waals surface area contributed by atoms with Crippen molar-refractivity contribution < 1.29 is 9.53 Å². The zero-order chi connectivity index (χ0) is 13.9. The molecular weight excluding hydrogens is 252 g/mol. The molecule has 1 heterocycles. The number of carbonyl (C=O) groups is 1. The van der Waals surface area contributed by atoms with Gasteiger partial charge in [-0.05, 0) is 35.9 Å². The van der Waals surface area contributed by atoms with Crippen molar-refractivity contribution in [3.63, 3.8) is 0 Å². The average molecular weight is 264 g/mol. The summed E-state index contributed by atoms with van der Waals surface area (Å²) in [7, 11) is 1.35. The highest BCUT2D eigenvalue weighted by atomic mass is 16.5. The van der Waals surface area contributed by atoms with Crippen LogP contribution in [0.3, 0.4) is 0 Å². The minimum Gasteiger partial charge on any atom is -0.466 e. The van der Waals surface area contributed by atoms with Gasteiger partial charge in [-0.15, -0.1) is 0 Å². The number of rotatable bonds is 2. The van der Waals surface area contributed by atoms with Crippen LogP contribution in [0.4, 0.5) is 0 Å². The maximum atomic E-state index is 11.1. The molecule has 0 amide bonds. The highest BCUT2D eigenvalue weighted by molar-refractivity contribution is 5.90. The van der Waals surface area contributed by atoms with E-state index in [-0.39, 0.29) is 5.97 Å². The Morgan fingerprint density at radius 1 is 1.00 bits per heavy atom. The molecular formula is C16H12N2O2. The molecule has 0 fully saturated rings. The van der Waals surface area contributed by atoms with Gasteiger partial charge in [0.2, 0.25) is 0 Å². The van der Waals surface area contributed by atoms with Gasteiger partial charge in [0.05, 0.1) is 29.2 Å². The first-order valence-electron chi connectivity index (χ1n) is 6.19. The zero-order valence-corrected chi connectivity index (χ0v) is 10.9. The van der Waals surface area contributed by atoms with Crippen molar-refractivity contribution in [1.82, 2.24) is 9.97 Å². The van der Waals surface area contributed by atoms with Gasteiger partial charge in [-0.3, -0.25) is 0 Å². The number of nitrogens with zero attached hydrogens (tertiary/aromatic N) is 2. The minimum absolute atomic E-state index is 0.380. The smallest absolute Gasteiger partial charge is 0.330 e. The van der Waals surface area contributed by atoms with E-state index in [2.05, 4.69) is 14.7 Å². The SMILES string of the molecule is COC(=O)C=Cc1ccc2nc3ccccc3nc2c1. The lowest BCUT2D eigenvalue weighted by molar-refractivity contribution is -0.134. The third-order valence-corrected chi connectivity index (χ3v) is 2.98. The van der Waals surface area contributed by atoms with Crippen molar-refractivity contribution in [2.45, 2.75) is 0 Å². The first-order valence-corrected chi connectivity index (χ1v) is 6.19. The van der Waals surface area contributed by atoms with E-state index in [9.17, 15) is 4.79 Å². The van der Waals surface area contributed by atoms with Crippen LogP contribution >= 0.6 is 0 Å². The van der Waals surface area contributed by atoms with E-state index in [1.165, 1.54) is 13.2 Å². The van der Waals surface area contributed by atoms with Crippen LogP contribution in [-0.4, -0.2) is 23.0 Å². The minimum atomic E-state index is -0.380. The molecule has 4 heteroatoms. The molecule has 0 saturated heterocycles. The van der Waals surface area contributed by atoms with Crippen LogP contribution in [0.25, 0.3) is 28.1 Å². The summed E-state index contributed by atoms with van der Waals surface area (Å²) in [5.74, 6) is -0.380. The largest absolute Gasteiger partial charge is 0.466 e. The average Bonchev–Trinajstić information content (AvgIpc) is 2.50. The summed E-state index contributed by atoms with van der Waals surface area (Å²) in [6.45, 7) is 0. The van der Waals surface area contributed by atoms with Gasteiger partial charge >= 0.3 is 5.97 Å². The summed E-state index contributed by atoms with van der Waals surface area (Å²) >= 11 is 0. The quantitative estimate of drug-likeness (QED) is 0.405. The number of carbonyl (C=O) groups excluding carboxylic acids is 1. The molecule has 0 aliphatic rings. The molecule has 20 heavy (non-hydrogen) atoms. The summed E-state index contributed by atoms with van der Waals surface area (Å²) in [6, 6.07) is 13.4. The van der Waals surface area contributed by atoms with Crippen molar-refractivity contribution in [2.75, 3.05) is 7.11 Å². The van der Waals surface area contributed by atoms with Gasteiger partial charge in [0.1, 0.15) is 0 Å². The van der Waals surface area contributed by atoms with Crippen LogP contribution < -0.4 is 0 Å². The van der Waals surface area contributed by atoms with Gasteiger partial charge in [0, 0.05) is 6.08 Å². The Bertz CT molecular complexity index is 825. The van der Waals surface area contributed by atoms with Crippen LogP contribution in [0, 0.1) is 0 Å². The fourth-order valence-electron chi connectivity index (χ4n) is 1.97. The van der Waals surface area contributed by atoms with Crippen molar-refractivity contribution in [1.29, 1.82) is 0 Å². The predicted molar refractivity (Wildman–Crippen MR) is 78.1 cm³/mol. The molecule has 0 unspecified atom stereocenters. The lowest BCUT2D eigenvalue weighted by Gasteiger charge is -2.01. The second-order valence-electron chi connectivity index (χ2n) is 4.32. The van der Waals surface area contributed by atoms with Gasteiger partial charge in [0.15, 0.2) is 0 Å². The lowest BCUT2D eigenvalue weighted by Crippen LogP contribution is -1.93. The Kier molecular flexibility index (Phi) is 3.13. The molecule has 3 rings (SSSR count). The Labute approximate surface area is 115 Å². The van der Waals surface area contributed by atoms with Gasteiger partial charge in [-0.1, -0.05) is 18.2 Å². The Balaban J connectivity index is 2.08. The van der Waals surface area contributed by atoms with Crippen LogP contribution in [0.2, 0.25) is 0 Å². The predicted octanol–water partition coefficient (Wildman–Crippen LogP) is 2.97. The third-order valence-electron chi connectivity index (χ3n) is 2.98. The molecule has 3 aromatic rings. The van der Waals surface area contributed by atoms with Crippen molar-refractivity contribution in [2.24, 2.45) is 0 Å². The third kappa shape index (κ3) is 2.36. The molecule has 0 radical (unpaired) electrons. The van der Waals surface area contributed by atoms with Gasteiger partial charge in [-0.25, -0.2) is 14.8 Å². The molecule has 98 valence electrons. The van der Waals surface area contributed by atoms with E-state index in [0.29, 0.717) is 0 Å². The fraction of sp³-hybridized carbons (Fsp3) is 0.0625. The molecule has 0 aliphatic heterocycles. The standard InChI is InChI=1S/C16H12N2O2/c1-20-16(19)9-7-11-6-8-14-15(10-11)18-13-5-3-2-4-12(13)17-14/h2-10H,1H3. The molecule has 1 aromatic heterocycles. The zero-order valence-electron chi connectivity index (χ0n) is 10.9. The monoisotopic (exact) mass is 264 g/mol. The van der Waals surface area contributed by atoms with E-state index in [4.69, 9.17) is 0 Å². The molecule has 0 atom stereocenters. The maximum Gasteiger partial charge on any atom is 0.330 e. The lowest BCUT2D eigenvalue weighted by atomic mass is 10.1. The second kappa shape index (κ2) is 5.09. The van der Waals surface area contributed by atoms with Crippen molar-refractivity contribution >= 4 is 34.1 Å². The first-order chi connectivity index (χ1) is 9.76. The molecule has 4 nitrogen and oxygen atoms in total. The number of para-hydroxylation sites is 2. The Hall–Kier alpha value is -2.75. The van der Waals surface area contributed by atoms with Crippen LogP contribution in [-0.2, 0) is 9.53 Å². The topological polar surface area (TPSA) is 52.1 Å². The second-order valence-corrected chi connectivity index (χ2v) is 4.32. The van der Waals surface area contributed by atoms with E-state index < -0.39 is 0 Å². The van der Waals surface area contributed by atoms with Gasteiger partial charge in [-0.2, -0.15) is 0 Å². The summed E-state index contributed by atoms with van der Waals surface area (Å²) < 4.78 is 4.56. The summed E-state index contributed by atoms with van der Waals surface area (Å²) in [5.41, 5.74) is 4.24. The van der Waals surface area contributed by atoms with Gasteiger partial charge < -0.3 is 4.74 Å². The number of fused-ring (bicyclic) bond motifs is 2. The Morgan fingerprint density at radius 2 is 1.65 bits per heavy atom. The molecule has 0 spiro atoms. The van der Waals surface area contributed by atoms with E-state index in [0.717, 1.165) is 27.6 Å². The maximum absolute atomic E-state index is 11.1. The number of hydrogen-bond donors (Lipinski definition) is 0. The van der Waals surface area contributed by atoms with E-state index in [1.54, 1.807) is 6.08 Å². The van der Waals surface area contributed by atoms with E-state index in [1.807, 2.05) is 42.5 Å². The normalized spacial score (nSPS) is 11.2. The summed E-state index contributed by atoms with van der Waals surface area (Å²) in [5, 5.41) is 0. The number of ether oxygens (including phenoxy) is 1. The van der Waals surface area contributed by atoms with Gasteiger partial charge in [0.25, 0.3) is 0 Å². The number of aromatic nitrogens is 2. The van der Waals surface area contributed by atoms with Crippen molar-refractivity contribution in [3.8, 4) is 0 Å². The van der Waals surface area contributed by atoms with Crippen LogP contribution in [0.15, 0.2) is 48.5 Å². The fourth-order valence-corrected chi connectivity index (χ4v) is 1.97. The first kappa shape index (κ1) is 12.3. The summed E-state index contributed by atoms with van der Waals surface area (Å²) in [4.78, 5) is 20.2. The van der Waals surface area contributed by atoms with Crippen LogP contribution in [0.5, 0.6) is 0 Å². The number of esters is 1. The summed E-state index contributed by atoms with van der Waals surface area (Å²) in [6.07, 6.45) is 3.08. The molecule has 0 bridgehead atoms. The number of methoxy groups -OCH3 is 1. The number of benzene rings is 2. The van der Waals surface area contributed by atoms with E-state index >= 15 is 0 Å². The number of hydrogen-bond acceptors (Lipinski definition) is 4. The molecule has 0 N–H and O–H groups in total. The highest BCUT2D eigenvalue weighted by Crippen LogP contribution is 2.17. The van der Waals surface area contributed by atoms with Crippen LogP contribution in [0.1, 0.15) is 5.56 Å². The molecule has 2 aromatic carbocycles. The van der Waals surface area contributed by atoms with Crippen molar-refractivity contribution in [3.05, 3.63) is 54.1 Å². The Morgan fingerprint density at radius 3 is 2.35 bits per heavy atom.